The number of anilines is 1. The number of rotatable bonds is 4. The van der Waals surface area contributed by atoms with Crippen LogP contribution in [0.1, 0.15) is 12.6 Å². The standard InChI is InChI=1S/C10H14N5O5PS/c11-9-8-10(13-3-12-9)15(4-14-8)7-1-5(16)6(20-7)2-19-21(17,18)22/h3-7,16H,1-2H2,(H2,11,12,13)(H2,17,18,22)/t5?,6-,7-/m1/s1. The monoisotopic (exact) mass is 347 g/mol. The Labute approximate surface area is 129 Å². The highest BCUT2D eigenvalue weighted by molar-refractivity contribution is 8.06. The first-order chi connectivity index (χ1) is 10.3. The van der Waals surface area contributed by atoms with Crippen molar-refractivity contribution >= 4 is 35.5 Å². The second-order valence-corrected chi connectivity index (χ2v) is 7.47. The quantitative estimate of drug-likeness (QED) is 0.522. The molecule has 10 nitrogen and oxygen atoms in total. The van der Waals surface area contributed by atoms with E-state index in [9.17, 15) is 5.11 Å². The van der Waals surface area contributed by atoms with Crippen LogP contribution < -0.4 is 5.73 Å². The third-order valence-corrected chi connectivity index (χ3v) is 4.11. The van der Waals surface area contributed by atoms with Gasteiger partial charge >= 0.3 is 6.72 Å². The maximum absolute atomic E-state index is 10.0. The number of hydrogen-bond donors (Lipinski definition) is 4. The average Bonchev–Trinajstić information content (AvgIpc) is 3.00. The fourth-order valence-corrected chi connectivity index (χ4v) is 2.81. The molecule has 22 heavy (non-hydrogen) atoms. The normalized spacial score (nSPS) is 25.9. The number of nitrogen functional groups attached to an aromatic ring is 1. The van der Waals surface area contributed by atoms with Gasteiger partial charge in [0, 0.05) is 6.42 Å². The molecule has 1 unspecified atom stereocenters. The molecule has 120 valence electrons. The largest absolute Gasteiger partial charge is 0.390 e. The molecule has 3 atom stereocenters. The van der Waals surface area contributed by atoms with Gasteiger partial charge in [-0.1, -0.05) is 0 Å². The summed E-state index contributed by atoms with van der Waals surface area (Å²) in [4.78, 5) is 30.2. The van der Waals surface area contributed by atoms with Crippen LogP contribution in [-0.2, 0) is 21.1 Å². The average molecular weight is 347 g/mol. The van der Waals surface area contributed by atoms with Crippen LogP contribution in [-0.4, -0.2) is 53.2 Å². The van der Waals surface area contributed by atoms with Gasteiger partial charge in [0.2, 0.25) is 0 Å². The number of hydrogen-bond acceptors (Lipinski definition) is 8. The van der Waals surface area contributed by atoms with Crippen molar-refractivity contribution in [1.29, 1.82) is 0 Å². The van der Waals surface area contributed by atoms with Crippen LogP contribution in [0, 0.1) is 0 Å². The van der Waals surface area contributed by atoms with Gasteiger partial charge in [-0.15, -0.1) is 0 Å². The van der Waals surface area contributed by atoms with Crippen molar-refractivity contribution in [2.75, 3.05) is 12.3 Å². The molecule has 0 radical (unpaired) electrons. The lowest BCUT2D eigenvalue weighted by Crippen LogP contribution is -2.25. The van der Waals surface area contributed by atoms with Gasteiger partial charge in [0.1, 0.15) is 24.2 Å². The first-order valence-corrected chi connectivity index (χ1v) is 8.94. The summed E-state index contributed by atoms with van der Waals surface area (Å²) in [6.07, 6.45) is 0.974. The minimum Gasteiger partial charge on any atom is -0.390 e. The number of nitrogens with zero attached hydrogens (tertiary/aromatic N) is 4. The van der Waals surface area contributed by atoms with Crippen LogP contribution in [0.4, 0.5) is 5.82 Å². The first-order valence-electron chi connectivity index (χ1n) is 6.32. The van der Waals surface area contributed by atoms with Crippen LogP contribution in [0.3, 0.4) is 0 Å². The maximum Gasteiger partial charge on any atom is 0.321 e. The summed E-state index contributed by atoms with van der Waals surface area (Å²) < 4.78 is 12.0. The summed E-state index contributed by atoms with van der Waals surface area (Å²) in [7, 11) is 0. The van der Waals surface area contributed by atoms with Gasteiger partial charge in [0.25, 0.3) is 0 Å². The van der Waals surface area contributed by atoms with Crippen molar-refractivity contribution < 1.29 is 24.2 Å². The number of nitrogens with two attached hydrogens (primary N) is 1. The lowest BCUT2D eigenvalue weighted by molar-refractivity contribution is -0.0399. The predicted molar refractivity (Wildman–Crippen MR) is 78.9 cm³/mol. The van der Waals surface area contributed by atoms with Crippen molar-refractivity contribution in [3.63, 3.8) is 0 Å². The Balaban J connectivity index is 1.78. The Morgan fingerprint density at radius 3 is 2.95 bits per heavy atom. The van der Waals surface area contributed by atoms with Crippen molar-refractivity contribution in [1.82, 2.24) is 19.5 Å². The number of aliphatic hydroxyl groups is 1. The Morgan fingerprint density at radius 2 is 2.23 bits per heavy atom. The van der Waals surface area contributed by atoms with Gasteiger partial charge in [0.15, 0.2) is 11.5 Å². The number of ether oxygens (including phenoxy) is 1. The summed E-state index contributed by atoms with van der Waals surface area (Å²) in [5, 5.41) is 10.0. The molecular formula is C10H14N5O5PS. The van der Waals surface area contributed by atoms with E-state index < -0.39 is 25.2 Å². The molecule has 2 aromatic rings. The van der Waals surface area contributed by atoms with Gasteiger partial charge < -0.3 is 29.9 Å². The Morgan fingerprint density at radius 1 is 1.45 bits per heavy atom. The van der Waals surface area contributed by atoms with E-state index >= 15 is 0 Å². The van der Waals surface area contributed by atoms with E-state index in [-0.39, 0.29) is 18.8 Å². The Kier molecular flexibility index (Phi) is 4.12. The van der Waals surface area contributed by atoms with Gasteiger partial charge in [-0.25, -0.2) is 15.0 Å². The van der Waals surface area contributed by atoms with Crippen LogP contribution in [0.5, 0.6) is 0 Å². The van der Waals surface area contributed by atoms with E-state index in [1.807, 2.05) is 0 Å². The molecule has 12 heteroatoms. The molecule has 0 spiro atoms. The second-order valence-electron chi connectivity index (χ2n) is 4.80. The topological polar surface area (TPSA) is 149 Å². The summed E-state index contributed by atoms with van der Waals surface area (Å²) in [5.41, 5.74) is 6.65. The molecular weight excluding hydrogens is 333 g/mol. The van der Waals surface area contributed by atoms with E-state index in [0.29, 0.717) is 11.2 Å². The number of aliphatic hydroxyl groups excluding tert-OH is 1. The molecule has 2 aromatic heterocycles. The van der Waals surface area contributed by atoms with Gasteiger partial charge in [-0.2, -0.15) is 0 Å². The number of aromatic nitrogens is 4. The summed E-state index contributed by atoms with van der Waals surface area (Å²) in [6, 6.07) is 0. The number of imidazole rings is 1. The Bertz CT molecular complexity index is 736. The van der Waals surface area contributed by atoms with E-state index in [1.165, 1.54) is 12.7 Å². The molecule has 1 saturated heterocycles. The van der Waals surface area contributed by atoms with Gasteiger partial charge in [-0.05, 0) is 11.8 Å². The van der Waals surface area contributed by atoms with Crippen LogP contribution in [0.25, 0.3) is 11.2 Å². The van der Waals surface area contributed by atoms with E-state index in [1.54, 1.807) is 4.57 Å². The lowest BCUT2D eigenvalue weighted by Gasteiger charge is -2.17. The molecule has 1 aliphatic rings. The predicted octanol–water partition coefficient (Wildman–Crippen LogP) is -0.717. The first kappa shape index (κ1) is 15.7. The highest BCUT2D eigenvalue weighted by Crippen LogP contribution is 2.39. The minimum absolute atomic E-state index is 0.217. The molecule has 3 heterocycles. The Hall–Kier alpha value is -1.20. The third kappa shape index (κ3) is 3.10. The van der Waals surface area contributed by atoms with E-state index in [4.69, 9.17) is 24.8 Å². The van der Waals surface area contributed by atoms with Crippen molar-refractivity contribution in [2.45, 2.75) is 24.9 Å². The number of fused-ring (bicyclic) bond motifs is 1. The molecule has 1 fully saturated rings. The second kappa shape index (κ2) is 5.78. The minimum atomic E-state index is -3.78. The zero-order valence-electron chi connectivity index (χ0n) is 11.2. The molecule has 3 rings (SSSR count). The molecule has 0 saturated carbocycles. The zero-order chi connectivity index (χ0) is 15.9. The molecule has 1 aliphatic heterocycles. The smallest absolute Gasteiger partial charge is 0.321 e. The summed E-state index contributed by atoms with van der Waals surface area (Å²) in [5.74, 6) is 0.253. The van der Waals surface area contributed by atoms with Gasteiger partial charge in [0.05, 0.1) is 19.0 Å². The summed E-state index contributed by atoms with van der Waals surface area (Å²) in [6.45, 7) is -4.00. The fraction of sp³-hybridized carbons (Fsp3) is 0.500. The molecule has 0 amide bonds. The molecule has 0 aliphatic carbocycles. The van der Waals surface area contributed by atoms with Crippen molar-refractivity contribution in [3.05, 3.63) is 12.7 Å². The highest BCUT2D eigenvalue weighted by atomic mass is 32.5. The van der Waals surface area contributed by atoms with Crippen LogP contribution in [0.15, 0.2) is 12.7 Å². The van der Waals surface area contributed by atoms with E-state index in [0.717, 1.165) is 0 Å². The summed E-state index contributed by atoms with van der Waals surface area (Å²) >= 11 is 4.36. The lowest BCUT2D eigenvalue weighted by atomic mass is 10.2. The SMILES string of the molecule is Nc1ncnc2c1ncn2[C@H]1CC(O)[C@@H](COP(O)(O)=S)O1. The fourth-order valence-electron chi connectivity index (χ4n) is 2.29. The van der Waals surface area contributed by atoms with E-state index in [2.05, 4.69) is 26.8 Å². The molecule has 5 N–H and O–H groups in total. The van der Waals surface area contributed by atoms with Crippen LogP contribution in [0.2, 0.25) is 0 Å². The van der Waals surface area contributed by atoms with Crippen molar-refractivity contribution in [3.8, 4) is 0 Å². The third-order valence-electron chi connectivity index (χ3n) is 3.31. The zero-order valence-corrected chi connectivity index (χ0v) is 12.9. The van der Waals surface area contributed by atoms with Gasteiger partial charge in [-0.3, -0.25) is 4.57 Å². The molecule has 0 bridgehead atoms. The maximum atomic E-state index is 10.0. The van der Waals surface area contributed by atoms with Crippen molar-refractivity contribution in [2.24, 2.45) is 0 Å². The molecule has 0 aromatic carbocycles. The highest BCUT2D eigenvalue weighted by Gasteiger charge is 2.36. The van der Waals surface area contributed by atoms with Crippen LogP contribution >= 0.6 is 6.72 Å².